The van der Waals surface area contributed by atoms with Gasteiger partial charge in [-0.1, -0.05) is 0 Å². The van der Waals surface area contributed by atoms with Gasteiger partial charge in [0.15, 0.2) is 0 Å². The second kappa shape index (κ2) is 4.12. The van der Waals surface area contributed by atoms with Crippen LogP contribution in [0.25, 0.3) is 0 Å². The molecule has 4 fully saturated rings. The summed E-state index contributed by atoms with van der Waals surface area (Å²) in [4.78, 5) is 0. The van der Waals surface area contributed by atoms with Crippen LogP contribution in [0.15, 0.2) is 12.1 Å². The average molecular weight is 258 g/mol. The second-order valence-corrected chi connectivity index (χ2v) is 7.36. The van der Waals surface area contributed by atoms with Gasteiger partial charge in [0.2, 0.25) is 0 Å². The number of hydrogen-bond acceptors (Lipinski definition) is 1. The Labute approximate surface area is 116 Å². The fraction of sp³-hybridized carbons (Fsp3) is 0.765. The predicted molar refractivity (Wildman–Crippen MR) is 77.8 cm³/mol. The topological polar surface area (TPSA) is 30.9 Å². The average Bonchev–Trinajstić information content (AvgIpc) is 2.80. The predicted octanol–water partition coefficient (Wildman–Crippen LogP) is 3.43. The lowest BCUT2D eigenvalue weighted by molar-refractivity contribution is -0.00882. The molecule has 0 spiro atoms. The van der Waals surface area contributed by atoms with E-state index < -0.39 is 0 Å². The van der Waals surface area contributed by atoms with Crippen LogP contribution in [0.5, 0.6) is 0 Å². The summed E-state index contributed by atoms with van der Waals surface area (Å²) in [5, 5.41) is 0. The van der Waals surface area contributed by atoms with Gasteiger partial charge in [0, 0.05) is 29.9 Å². The summed E-state index contributed by atoms with van der Waals surface area (Å²) < 4.78 is 2.52. The van der Waals surface area contributed by atoms with E-state index in [-0.39, 0.29) is 0 Å². The van der Waals surface area contributed by atoms with E-state index >= 15 is 0 Å². The maximum atomic E-state index is 5.91. The Morgan fingerprint density at radius 1 is 1.11 bits per heavy atom. The van der Waals surface area contributed by atoms with Crippen LogP contribution in [-0.4, -0.2) is 4.57 Å². The molecule has 104 valence electrons. The molecular formula is C17H26N2. The molecule has 0 saturated heterocycles. The lowest BCUT2D eigenvalue weighted by Crippen LogP contribution is -2.49. The van der Waals surface area contributed by atoms with Crippen molar-refractivity contribution in [1.29, 1.82) is 0 Å². The molecule has 2 N–H and O–H groups in total. The molecule has 0 radical (unpaired) electrons. The SMILES string of the molecule is CCn1c(CN)ccc1C12CC3CC(CC(C3)C1)C2. The van der Waals surface area contributed by atoms with E-state index in [1.54, 1.807) is 5.69 Å². The highest BCUT2D eigenvalue weighted by Crippen LogP contribution is 2.60. The zero-order valence-corrected chi connectivity index (χ0v) is 12.1. The van der Waals surface area contributed by atoms with Gasteiger partial charge < -0.3 is 10.3 Å². The fourth-order valence-electron chi connectivity index (χ4n) is 5.95. The molecule has 5 rings (SSSR count). The first-order valence-electron chi connectivity index (χ1n) is 8.13. The summed E-state index contributed by atoms with van der Waals surface area (Å²) in [5.74, 6) is 3.06. The zero-order chi connectivity index (χ0) is 13.0. The van der Waals surface area contributed by atoms with Crippen LogP contribution in [0.1, 0.15) is 56.8 Å². The van der Waals surface area contributed by atoms with Gasteiger partial charge in [0.1, 0.15) is 0 Å². The van der Waals surface area contributed by atoms with E-state index in [1.807, 2.05) is 0 Å². The third-order valence-electron chi connectivity index (χ3n) is 6.18. The van der Waals surface area contributed by atoms with Gasteiger partial charge in [-0.3, -0.25) is 0 Å². The van der Waals surface area contributed by atoms with Gasteiger partial charge >= 0.3 is 0 Å². The van der Waals surface area contributed by atoms with Crippen molar-refractivity contribution in [3.05, 3.63) is 23.5 Å². The molecule has 0 unspecified atom stereocenters. The van der Waals surface area contributed by atoms with E-state index in [4.69, 9.17) is 5.73 Å². The van der Waals surface area contributed by atoms with Crippen molar-refractivity contribution in [3.8, 4) is 0 Å². The Kier molecular flexibility index (Phi) is 2.60. The lowest BCUT2D eigenvalue weighted by atomic mass is 9.49. The van der Waals surface area contributed by atoms with Crippen molar-refractivity contribution in [2.24, 2.45) is 23.5 Å². The van der Waals surface area contributed by atoms with Gasteiger partial charge in [-0.2, -0.15) is 0 Å². The van der Waals surface area contributed by atoms with Crippen LogP contribution in [0.3, 0.4) is 0 Å². The van der Waals surface area contributed by atoms with Crippen LogP contribution in [0, 0.1) is 17.8 Å². The van der Waals surface area contributed by atoms with E-state index in [0.29, 0.717) is 12.0 Å². The smallest absolute Gasteiger partial charge is 0.0334 e. The second-order valence-electron chi connectivity index (χ2n) is 7.36. The molecule has 0 atom stereocenters. The Balaban J connectivity index is 1.77. The van der Waals surface area contributed by atoms with Crippen LogP contribution in [0.4, 0.5) is 0 Å². The van der Waals surface area contributed by atoms with Gasteiger partial charge in [-0.05, 0) is 75.3 Å². The first-order valence-corrected chi connectivity index (χ1v) is 8.13. The molecule has 1 aromatic rings. The van der Waals surface area contributed by atoms with Crippen LogP contribution >= 0.6 is 0 Å². The van der Waals surface area contributed by atoms with Crippen LogP contribution in [-0.2, 0) is 18.5 Å². The van der Waals surface area contributed by atoms with Crippen molar-refractivity contribution in [2.45, 2.75) is 64.0 Å². The minimum atomic E-state index is 0.512. The monoisotopic (exact) mass is 258 g/mol. The summed E-state index contributed by atoms with van der Waals surface area (Å²) in [6, 6.07) is 4.68. The van der Waals surface area contributed by atoms with Crippen molar-refractivity contribution >= 4 is 0 Å². The third-order valence-corrected chi connectivity index (χ3v) is 6.18. The van der Waals surface area contributed by atoms with Gasteiger partial charge in [-0.15, -0.1) is 0 Å². The number of aromatic nitrogens is 1. The molecule has 1 heterocycles. The highest BCUT2D eigenvalue weighted by Gasteiger charge is 2.52. The zero-order valence-electron chi connectivity index (χ0n) is 12.1. The number of nitrogens with two attached hydrogens (primary N) is 1. The molecule has 4 aliphatic rings. The third kappa shape index (κ3) is 1.65. The van der Waals surface area contributed by atoms with Crippen molar-refractivity contribution < 1.29 is 0 Å². The maximum Gasteiger partial charge on any atom is 0.0334 e. The maximum absolute atomic E-state index is 5.91. The van der Waals surface area contributed by atoms with Gasteiger partial charge in [0.05, 0.1) is 0 Å². The molecule has 4 saturated carbocycles. The first-order chi connectivity index (χ1) is 9.24. The summed E-state index contributed by atoms with van der Waals surface area (Å²) in [6.07, 6.45) is 8.93. The van der Waals surface area contributed by atoms with Crippen molar-refractivity contribution in [1.82, 2.24) is 4.57 Å². The Hall–Kier alpha value is -0.760. The summed E-state index contributed by atoms with van der Waals surface area (Å²) in [6.45, 7) is 4.03. The molecular weight excluding hydrogens is 232 g/mol. The molecule has 4 aliphatic carbocycles. The van der Waals surface area contributed by atoms with Crippen LogP contribution < -0.4 is 5.73 Å². The summed E-state index contributed by atoms with van der Waals surface area (Å²) >= 11 is 0. The van der Waals surface area contributed by atoms with E-state index in [0.717, 1.165) is 24.3 Å². The summed E-state index contributed by atoms with van der Waals surface area (Å²) in [5.41, 5.74) is 9.37. The first kappa shape index (κ1) is 12.0. The highest BCUT2D eigenvalue weighted by molar-refractivity contribution is 5.28. The molecule has 0 aromatic carbocycles. The van der Waals surface area contributed by atoms with Crippen molar-refractivity contribution in [3.63, 3.8) is 0 Å². The van der Waals surface area contributed by atoms with Gasteiger partial charge in [-0.25, -0.2) is 0 Å². The molecule has 2 heteroatoms. The van der Waals surface area contributed by atoms with E-state index in [1.165, 1.54) is 44.2 Å². The molecule has 0 aliphatic heterocycles. The standard InChI is InChI=1S/C17H26N2/c1-2-19-15(11-18)3-4-16(19)17-8-12-5-13(9-17)7-14(6-12)10-17/h3-4,12-14H,2,5-11,18H2,1H3. The Bertz CT molecular complexity index is 450. The van der Waals surface area contributed by atoms with Crippen molar-refractivity contribution in [2.75, 3.05) is 0 Å². The summed E-state index contributed by atoms with van der Waals surface area (Å²) in [7, 11) is 0. The van der Waals surface area contributed by atoms with E-state index in [9.17, 15) is 0 Å². The molecule has 1 aromatic heterocycles. The van der Waals surface area contributed by atoms with E-state index in [2.05, 4.69) is 23.6 Å². The molecule has 0 amide bonds. The largest absolute Gasteiger partial charge is 0.347 e. The molecule has 2 nitrogen and oxygen atoms in total. The fourth-order valence-corrected chi connectivity index (χ4v) is 5.95. The lowest BCUT2D eigenvalue weighted by Gasteiger charge is -2.57. The quantitative estimate of drug-likeness (QED) is 0.884. The number of rotatable bonds is 3. The molecule has 19 heavy (non-hydrogen) atoms. The Morgan fingerprint density at radius 3 is 2.16 bits per heavy atom. The number of hydrogen-bond donors (Lipinski definition) is 1. The Morgan fingerprint density at radius 2 is 1.68 bits per heavy atom. The molecule has 4 bridgehead atoms. The minimum absolute atomic E-state index is 0.512. The minimum Gasteiger partial charge on any atom is -0.347 e. The van der Waals surface area contributed by atoms with Gasteiger partial charge in [0.25, 0.3) is 0 Å². The highest BCUT2D eigenvalue weighted by atomic mass is 15.0. The normalized spacial score (nSPS) is 40.0. The van der Waals surface area contributed by atoms with Crippen LogP contribution in [0.2, 0.25) is 0 Å². The number of nitrogens with zero attached hydrogens (tertiary/aromatic N) is 1.